The van der Waals surface area contributed by atoms with Crippen molar-refractivity contribution < 1.29 is 9.53 Å². The molecule has 1 aliphatic rings. The number of thiophene rings is 1. The van der Waals surface area contributed by atoms with Crippen LogP contribution in [0.3, 0.4) is 0 Å². The van der Waals surface area contributed by atoms with Crippen LogP contribution in [-0.4, -0.2) is 43.8 Å². The largest absolute Gasteiger partial charge is 0.383 e. The van der Waals surface area contributed by atoms with Crippen LogP contribution in [0.15, 0.2) is 16.8 Å². The summed E-state index contributed by atoms with van der Waals surface area (Å²) in [4.78, 5) is 13.9. The Hall–Kier alpha value is -1.07. The van der Waals surface area contributed by atoms with Gasteiger partial charge in [0.05, 0.1) is 6.61 Å². The van der Waals surface area contributed by atoms with E-state index in [2.05, 4.69) is 29.1 Å². The second-order valence-electron chi connectivity index (χ2n) is 4.72. The second-order valence-corrected chi connectivity index (χ2v) is 5.50. The normalized spacial score (nSPS) is 23.3. The number of nitrogens with one attached hydrogen (secondary N) is 1. The molecule has 0 unspecified atom stereocenters. The Bertz CT molecular complexity index is 380. The van der Waals surface area contributed by atoms with Gasteiger partial charge in [0.25, 0.3) is 0 Å². The van der Waals surface area contributed by atoms with Crippen LogP contribution in [0.25, 0.3) is 0 Å². The summed E-state index contributed by atoms with van der Waals surface area (Å²) in [6.07, 6.45) is 1.05. The first kappa shape index (κ1) is 13.4. The summed E-state index contributed by atoms with van der Waals surface area (Å²) >= 11 is 1.72. The van der Waals surface area contributed by atoms with Crippen LogP contribution >= 0.6 is 11.3 Å². The molecule has 0 aromatic carbocycles. The van der Waals surface area contributed by atoms with E-state index in [9.17, 15) is 4.79 Å². The van der Waals surface area contributed by atoms with E-state index >= 15 is 0 Å². The van der Waals surface area contributed by atoms with Gasteiger partial charge >= 0.3 is 6.03 Å². The molecule has 2 atom stereocenters. The predicted octanol–water partition coefficient (Wildman–Crippen LogP) is 2.28. The van der Waals surface area contributed by atoms with Gasteiger partial charge in [-0.2, -0.15) is 11.3 Å². The first-order valence-electron chi connectivity index (χ1n) is 6.28. The summed E-state index contributed by atoms with van der Waals surface area (Å²) < 4.78 is 4.93. The van der Waals surface area contributed by atoms with Gasteiger partial charge in [0.1, 0.15) is 0 Å². The molecule has 1 saturated heterocycles. The van der Waals surface area contributed by atoms with Gasteiger partial charge in [0.15, 0.2) is 0 Å². The zero-order valence-corrected chi connectivity index (χ0v) is 11.7. The molecule has 100 valence electrons. The van der Waals surface area contributed by atoms with Gasteiger partial charge in [-0.15, -0.1) is 0 Å². The first-order valence-corrected chi connectivity index (χ1v) is 7.22. The number of hydrogen-bond donors (Lipinski definition) is 1. The molecule has 1 aromatic heterocycles. The number of ether oxygens (including phenoxy) is 1. The molecule has 1 aliphatic heterocycles. The molecule has 0 radical (unpaired) electrons. The van der Waals surface area contributed by atoms with Gasteiger partial charge in [0.2, 0.25) is 0 Å². The SMILES string of the molecule is COCCNC(=O)N1C[C@@H](c2ccsc2)C[C@H]1C. The molecule has 5 heteroatoms. The number of carbonyl (C=O) groups is 1. The lowest BCUT2D eigenvalue weighted by Crippen LogP contribution is -2.42. The van der Waals surface area contributed by atoms with Crippen LogP contribution in [0.5, 0.6) is 0 Å². The van der Waals surface area contributed by atoms with E-state index in [1.807, 2.05) is 4.90 Å². The summed E-state index contributed by atoms with van der Waals surface area (Å²) in [5, 5.41) is 7.17. The molecular formula is C13H20N2O2S. The standard InChI is InChI=1S/C13H20N2O2S/c1-10-7-12(11-3-6-18-9-11)8-15(10)13(16)14-4-5-17-2/h3,6,9-10,12H,4-5,7-8H2,1-2H3,(H,14,16)/t10-,12+/m1/s1. The van der Waals surface area contributed by atoms with Crippen LogP contribution in [0, 0.1) is 0 Å². The molecule has 2 amide bonds. The van der Waals surface area contributed by atoms with E-state index in [-0.39, 0.29) is 6.03 Å². The van der Waals surface area contributed by atoms with Crippen molar-refractivity contribution in [3.8, 4) is 0 Å². The second kappa shape index (κ2) is 6.20. The van der Waals surface area contributed by atoms with Crippen LogP contribution in [0.1, 0.15) is 24.8 Å². The zero-order chi connectivity index (χ0) is 13.0. The van der Waals surface area contributed by atoms with Crippen LogP contribution in [0.2, 0.25) is 0 Å². The zero-order valence-electron chi connectivity index (χ0n) is 10.9. The molecule has 0 saturated carbocycles. The van der Waals surface area contributed by atoms with E-state index in [0.29, 0.717) is 25.1 Å². The summed E-state index contributed by atoms with van der Waals surface area (Å²) in [7, 11) is 1.64. The highest BCUT2D eigenvalue weighted by Crippen LogP contribution is 2.32. The van der Waals surface area contributed by atoms with E-state index in [4.69, 9.17) is 4.74 Å². The number of nitrogens with zero attached hydrogens (tertiary/aromatic N) is 1. The maximum atomic E-state index is 12.0. The average Bonchev–Trinajstić information content (AvgIpc) is 2.97. The average molecular weight is 268 g/mol. The van der Waals surface area contributed by atoms with Crippen LogP contribution in [-0.2, 0) is 4.74 Å². The third-order valence-corrected chi connectivity index (χ3v) is 4.13. The topological polar surface area (TPSA) is 41.6 Å². The van der Waals surface area contributed by atoms with Gasteiger partial charge in [-0.25, -0.2) is 4.79 Å². The minimum atomic E-state index is 0.0253. The molecule has 0 spiro atoms. The summed E-state index contributed by atoms with van der Waals surface area (Å²) in [6.45, 7) is 4.06. The number of methoxy groups -OCH3 is 1. The van der Waals surface area contributed by atoms with Crippen molar-refractivity contribution in [3.63, 3.8) is 0 Å². The molecule has 0 bridgehead atoms. The van der Waals surface area contributed by atoms with Gasteiger partial charge < -0.3 is 15.0 Å². The third-order valence-electron chi connectivity index (χ3n) is 3.43. The van der Waals surface area contributed by atoms with Crippen molar-refractivity contribution >= 4 is 17.4 Å². The van der Waals surface area contributed by atoms with Gasteiger partial charge in [-0.1, -0.05) is 0 Å². The first-order chi connectivity index (χ1) is 8.72. The number of likely N-dealkylation sites (tertiary alicyclic amines) is 1. The fourth-order valence-electron chi connectivity index (χ4n) is 2.42. The highest BCUT2D eigenvalue weighted by molar-refractivity contribution is 7.07. The third kappa shape index (κ3) is 3.03. The Morgan fingerprint density at radius 2 is 2.50 bits per heavy atom. The lowest BCUT2D eigenvalue weighted by Gasteiger charge is -2.21. The van der Waals surface area contributed by atoms with Gasteiger partial charge in [-0.05, 0) is 35.7 Å². The molecule has 1 N–H and O–H groups in total. The monoisotopic (exact) mass is 268 g/mol. The number of urea groups is 1. The van der Waals surface area contributed by atoms with E-state index < -0.39 is 0 Å². The van der Waals surface area contributed by atoms with Crippen molar-refractivity contribution in [2.45, 2.75) is 25.3 Å². The van der Waals surface area contributed by atoms with E-state index in [1.165, 1.54) is 5.56 Å². The maximum absolute atomic E-state index is 12.0. The molecule has 0 aliphatic carbocycles. The summed E-state index contributed by atoms with van der Waals surface area (Å²) in [5.41, 5.74) is 1.36. The fourth-order valence-corrected chi connectivity index (χ4v) is 3.17. The predicted molar refractivity (Wildman–Crippen MR) is 73.1 cm³/mol. The van der Waals surface area contributed by atoms with Crippen LogP contribution < -0.4 is 5.32 Å². The molecule has 1 aromatic rings. The minimum absolute atomic E-state index is 0.0253. The Kier molecular flexibility index (Phi) is 4.60. The van der Waals surface area contributed by atoms with Crippen molar-refractivity contribution in [3.05, 3.63) is 22.4 Å². The lowest BCUT2D eigenvalue weighted by molar-refractivity contribution is 0.178. The number of amides is 2. The molecule has 2 heterocycles. The highest BCUT2D eigenvalue weighted by Gasteiger charge is 2.33. The van der Waals surface area contributed by atoms with Crippen molar-refractivity contribution in [2.24, 2.45) is 0 Å². The van der Waals surface area contributed by atoms with Crippen molar-refractivity contribution in [2.75, 3.05) is 26.8 Å². The maximum Gasteiger partial charge on any atom is 0.317 e. The fraction of sp³-hybridized carbons (Fsp3) is 0.615. The van der Waals surface area contributed by atoms with Crippen LogP contribution in [0.4, 0.5) is 4.79 Å². The van der Waals surface area contributed by atoms with Crippen molar-refractivity contribution in [1.82, 2.24) is 10.2 Å². The van der Waals surface area contributed by atoms with E-state index in [1.54, 1.807) is 18.4 Å². The molecule has 18 heavy (non-hydrogen) atoms. The Balaban J connectivity index is 1.88. The lowest BCUT2D eigenvalue weighted by atomic mass is 10.00. The van der Waals surface area contributed by atoms with Gasteiger partial charge in [0, 0.05) is 32.2 Å². The van der Waals surface area contributed by atoms with Gasteiger partial charge in [-0.3, -0.25) is 0 Å². The van der Waals surface area contributed by atoms with E-state index in [0.717, 1.165) is 13.0 Å². The highest BCUT2D eigenvalue weighted by atomic mass is 32.1. The minimum Gasteiger partial charge on any atom is -0.383 e. The Labute approximate surface area is 112 Å². The summed E-state index contributed by atoms with van der Waals surface area (Å²) in [6, 6.07) is 2.49. The molecule has 4 nitrogen and oxygen atoms in total. The smallest absolute Gasteiger partial charge is 0.317 e. The molecular weight excluding hydrogens is 248 g/mol. The Morgan fingerprint density at radius 3 is 3.17 bits per heavy atom. The Morgan fingerprint density at radius 1 is 1.67 bits per heavy atom. The van der Waals surface area contributed by atoms with Crippen molar-refractivity contribution in [1.29, 1.82) is 0 Å². The number of carbonyl (C=O) groups excluding carboxylic acids is 1. The number of hydrogen-bond acceptors (Lipinski definition) is 3. The number of rotatable bonds is 4. The molecule has 2 rings (SSSR count). The molecule has 1 fully saturated rings. The quantitative estimate of drug-likeness (QED) is 0.851. The summed E-state index contributed by atoms with van der Waals surface area (Å²) in [5.74, 6) is 0.486.